The Hall–Kier alpha value is -2.68. The largest absolute Gasteiger partial charge is 0.493 e. The van der Waals surface area contributed by atoms with Crippen molar-refractivity contribution < 1.29 is 13.9 Å². The van der Waals surface area contributed by atoms with Crippen molar-refractivity contribution in [1.82, 2.24) is 4.98 Å². The molecule has 6 heteroatoms. The molecule has 0 aliphatic rings. The van der Waals surface area contributed by atoms with Gasteiger partial charge in [-0.1, -0.05) is 0 Å². The fraction of sp³-hybridized carbons (Fsp3) is 0.286. The maximum Gasteiger partial charge on any atom is 0.234 e. The number of rotatable bonds is 4. The zero-order chi connectivity index (χ0) is 14.7. The molecular formula is C14H15N3O3. The molecule has 0 fully saturated rings. The molecule has 2 rings (SSSR count). The topological polar surface area (TPSA) is 71.5 Å². The molecular weight excluding hydrogens is 258 g/mol. The number of anilines is 1. The second-order valence-corrected chi connectivity index (χ2v) is 4.25. The predicted molar refractivity (Wildman–Crippen MR) is 74.1 cm³/mol. The summed E-state index contributed by atoms with van der Waals surface area (Å²) in [4.78, 5) is 5.89. The molecule has 0 spiro atoms. The van der Waals surface area contributed by atoms with Gasteiger partial charge in [0.2, 0.25) is 17.5 Å². The molecule has 104 valence electrons. The predicted octanol–water partition coefficient (Wildman–Crippen LogP) is 2.30. The summed E-state index contributed by atoms with van der Waals surface area (Å²) in [6.45, 7) is 0. The first-order chi connectivity index (χ1) is 9.60. The number of benzene rings is 1. The normalized spacial score (nSPS) is 9.95. The minimum Gasteiger partial charge on any atom is -0.493 e. The summed E-state index contributed by atoms with van der Waals surface area (Å²) in [5.41, 5.74) is 0.965. The van der Waals surface area contributed by atoms with E-state index in [-0.39, 0.29) is 5.69 Å². The summed E-state index contributed by atoms with van der Waals surface area (Å²) in [5.74, 6) is 1.99. The Bertz CT molecular complexity index is 656. The molecule has 20 heavy (non-hydrogen) atoms. The van der Waals surface area contributed by atoms with E-state index in [1.165, 1.54) is 0 Å². The molecule has 6 nitrogen and oxygen atoms in total. The minimum absolute atomic E-state index is 0.250. The van der Waals surface area contributed by atoms with Gasteiger partial charge in [0.25, 0.3) is 0 Å². The van der Waals surface area contributed by atoms with Crippen molar-refractivity contribution in [2.24, 2.45) is 0 Å². The van der Waals surface area contributed by atoms with Crippen LogP contribution in [0.4, 0.5) is 5.88 Å². The van der Waals surface area contributed by atoms with Crippen molar-refractivity contribution in [1.29, 1.82) is 5.26 Å². The van der Waals surface area contributed by atoms with Gasteiger partial charge in [-0.15, -0.1) is 0 Å². The Morgan fingerprint density at radius 1 is 1.20 bits per heavy atom. The number of methoxy groups -OCH3 is 2. The van der Waals surface area contributed by atoms with Crippen molar-refractivity contribution in [3.63, 3.8) is 0 Å². The van der Waals surface area contributed by atoms with Gasteiger partial charge in [0, 0.05) is 19.7 Å². The molecule has 2 aromatic rings. The Kier molecular flexibility index (Phi) is 3.80. The van der Waals surface area contributed by atoms with E-state index in [0.717, 1.165) is 0 Å². The fourth-order valence-electron chi connectivity index (χ4n) is 1.78. The molecule has 0 aliphatic heterocycles. The second-order valence-electron chi connectivity index (χ2n) is 4.25. The molecule has 0 N–H and O–H groups in total. The van der Waals surface area contributed by atoms with Crippen molar-refractivity contribution in [2.45, 2.75) is 0 Å². The van der Waals surface area contributed by atoms with Crippen LogP contribution in [0.3, 0.4) is 0 Å². The van der Waals surface area contributed by atoms with Crippen LogP contribution in [0, 0.1) is 11.3 Å². The monoisotopic (exact) mass is 273 g/mol. The van der Waals surface area contributed by atoms with Crippen LogP contribution in [-0.4, -0.2) is 33.3 Å². The number of aromatic nitrogens is 1. The maximum absolute atomic E-state index is 9.07. The van der Waals surface area contributed by atoms with Gasteiger partial charge >= 0.3 is 0 Å². The number of hydrogen-bond donors (Lipinski definition) is 0. The van der Waals surface area contributed by atoms with E-state index in [0.29, 0.717) is 28.8 Å². The van der Waals surface area contributed by atoms with Gasteiger partial charge in [-0.25, -0.2) is 0 Å². The standard InChI is InChI=1S/C14H15N3O3/c1-17(2)14-10(8-15)16-13(20-14)9-5-6-11(18-3)12(7-9)19-4/h5-7H,1-4H3. The summed E-state index contributed by atoms with van der Waals surface area (Å²) in [5, 5.41) is 9.07. The van der Waals surface area contributed by atoms with Gasteiger partial charge in [0.1, 0.15) is 6.07 Å². The van der Waals surface area contributed by atoms with Crippen LogP contribution in [0.25, 0.3) is 11.5 Å². The Morgan fingerprint density at radius 3 is 2.40 bits per heavy atom. The summed E-state index contributed by atoms with van der Waals surface area (Å²) in [6.07, 6.45) is 0. The van der Waals surface area contributed by atoms with E-state index in [9.17, 15) is 0 Å². The smallest absolute Gasteiger partial charge is 0.234 e. The van der Waals surface area contributed by atoms with Gasteiger partial charge in [-0.05, 0) is 18.2 Å². The molecule has 0 amide bonds. The molecule has 0 saturated carbocycles. The van der Waals surface area contributed by atoms with Gasteiger partial charge in [0.05, 0.1) is 14.2 Å². The highest BCUT2D eigenvalue weighted by atomic mass is 16.5. The molecule has 0 radical (unpaired) electrons. The highest BCUT2D eigenvalue weighted by Crippen LogP contribution is 2.33. The van der Waals surface area contributed by atoms with Crippen LogP contribution in [0.5, 0.6) is 11.5 Å². The summed E-state index contributed by atoms with van der Waals surface area (Å²) in [7, 11) is 6.71. The van der Waals surface area contributed by atoms with Gasteiger partial charge < -0.3 is 18.8 Å². The highest BCUT2D eigenvalue weighted by molar-refractivity contribution is 5.63. The van der Waals surface area contributed by atoms with E-state index in [4.69, 9.17) is 19.2 Å². The van der Waals surface area contributed by atoms with E-state index >= 15 is 0 Å². The summed E-state index contributed by atoms with van der Waals surface area (Å²) >= 11 is 0. The molecule has 1 aromatic carbocycles. The van der Waals surface area contributed by atoms with Crippen molar-refractivity contribution in [2.75, 3.05) is 33.2 Å². The van der Waals surface area contributed by atoms with Crippen LogP contribution in [-0.2, 0) is 0 Å². The molecule has 0 unspecified atom stereocenters. The van der Waals surface area contributed by atoms with Crippen LogP contribution >= 0.6 is 0 Å². The van der Waals surface area contributed by atoms with Crippen molar-refractivity contribution in [3.05, 3.63) is 23.9 Å². The average Bonchev–Trinajstić information content (AvgIpc) is 2.91. The highest BCUT2D eigenvalue weighted by Gasteiger charge is 2.17. The van der Waals surface area contributed by atoms with Crippen LogP contribution in [0.2, 0.25) is 0 Å². The quantitative estimate of drug-likeness (QED) is 0.851. The van der Waals surface area contributed by atoms with E-state index < -0.39 is 0 Å². The van der Waals surface area contributed by atoms with Crippen molar-refractivity contribution >= 4 is 5.88 Å². The molecule has 0 atom stereocenters. The zero-order valence-corrected chi connectivity index (χ0v) is 11.8. The molecule has 0 bridgehead atoms. The Morgan fingerprint density at radius 2 is 1.90 bits per heavy atom. The van der Waals surface area contributed by atoms with Gasteiger partial charge in [-0.3, -0.25) is 0 Å². The Balaban J connectivity index is 2.49. The third-order valence-corrected chi connectivity index (χ3v) is 2.75. The molecule has 1 heterocycles. The number of hydrogen-bond acceptors (Lipinski definition) is 6. The van der Waals surface area contributed by atoms with Crippen LogP contribution in [0.1, 0.15) is 5.69 Å². The third-order valence-electron chi connectivity index (χ3n) is 2.75. The second kappa shape index (κ2) is 5.53. The lowest BCUT2D eigenvalue weighted by molar-refractivity contribution is 0.355. The summed E-state index contributed by atoms with van der Waals surface area (Å²) < 4.78 is 16.0. The SMILES string of the molecule is COc1ccc(-c2nc(C#N)c(N(C)C)o2)cc1OC. The van der Waals surface area contributed by atoms with Crippen LogP contribution < -0.4 is 14.4 Å². The number of nitriles is 1. The Labute approximate surface area is 117 Å². The first-order valence-electron chi connectivity index (χ1n) is 5.91. The summed E-state index contributed by atoms with van der Waals surface area (Å²) in [6, 6.07) is 7.33. The average molecular weight is 273 g/mol. The lowest BCUT2D eigenvalue weighted by Crippen LogP contribution is -2.08. The van der Waals surface area contributed by atoms with Crippen molar-refractivity contribution in [3.8, 4) is 29.0 Å². The molecule has 1 aromatic heterocycles. The minimum atomic E-state index is 0.250. The first-order valence-corrected chi connectivity index (χ1v) is 5.91. The fourth-order valence-corrected chi connectivity index (χ4v) is 1.78. The maximum atomic E-state index is 9.07. The van der Waals surface area contributed by atoms with E-state index in [1.807, 2.05) is 6.07 Å². The zero-order valence-electron chi connectivity index (χ0n) is 11.8. The van der Waals surface area contributed by atoms with Gasteiger partial charge in [0.15, 0.2) is 11.5 Å². The number of nitrogens with zero attached hydrogens (tertiary/aromatic N) is 3. The van der Waals surface area contributed by atoms with Gasteiger partial charge in [-0.2, -0.15) is 10.2 Å². The first kappa shape index (κ1) is 13.7. The van der Waals surface area contributed by atoms with Crippen LogP contribution in [0.15, 0.2) is 22.6 Å². The number of oxazole rings is 1. The molecule has 0 aliphatic carbocycles. The number of ether oxygens (including phenoxy) is 2. The molecule has 0 saturated heterocycles. The lowest BCUT2D eigenvalue weighted by Gasteiger charge is -2.08. The van der Waals surface area contributed by atoms with E-state index in [2.05, 4.69) is 4.98 Å². The third kappa shape index (κ3) is 2.38. The lowest BCUT2D eigenvalue weighted by atomic mass is 10.2. The van der Waals surface area contributed by atoms with E-state index in [1.54, 1.807) is 51.4 Å².